The fourth-order valence-electron chi connectivity index (χ4n) is 3.99. The lowest BCUT2D eigenvalue weighted by Crippen LogP contribution is -2.35. The van der Waals surface area contributed by atoms with E-state index in [2.05, 4.69) is 9.97 Å². The SMILES string of the molecule is O=[N+]([O-])c1cn2c(n1)OC(COc1ccc(N3CCn4c(C(F)(F)F)cnc4C3)cc1)CC2. The Morgan fingerprint density at radius 3 is 2.73 bits per heavy atom. The molecule has 0 saturated heterocycles. The van der Waals surface area contributed by atoms with Crippen molar-refractivity contribution in [3.8, 4) is 11.8 Å². The zero-order chi connectivity index (χ0) is 23.2. The summed E-state index contributed by atoms with van der Waals surface area (Å²) in [7, 11) is 0. The van der Waals surface area contributed by atoms with Gasteiger partial charge in [-0.1, -0.05) is 0 Å². The van der Waals surface area contributed by atoms with E-state index in [1.54, 1.807) is 16.7 Å². The van der Waals surface area contributed by atoms with E-state index in [9.17, 15) is 23.3 Å². The third-order valence-corrected chi connectivity index (χ3v) is 5.67. The Morgan fingerprint density at radius 2 is 2.00 bits per heavy atom. The summed E-state index contributed by atoms with van der Waals surface area (Å²) in [6.45, 7) is 1.72. The molecule has 3 aromatic rings. The van der Waals surface area contributed by atoms with Gasteiger partial charge in [0.25, 0.3) is 0 Å². The van der Waals surface area contributed by atoms with E-state index >= 15 is 0 Å². The number of aryl methyl sites for hydroxylation is 1. The van der Waals surface area contributed by atoms with Gasteiger partial charge in [0.1, 0.15) is 36.2 Å². The van der Waals surface area contributed by atoms with Gasteiger partial charge in [0.15, 0.2) is 0 Å². The van der Waals surface area contributed by atoms with Crippen molar-refractivity contribution < 1.29 is 27.6 Å². The molecule has 1 atom stereocenters. The number of alkyl halides is 3. The fraction of sp³-hybridized carbons (Fsp3) is 0.400. The fourth-order valence-corrected chi connectivity index (χ4v) is 3.99. The number of imidazole rings is 2. The molecular formula is C20H19F3N6O4. The summed E-state index contributed by atoms with van der Waals surface area (Å²) in [4.78, 5) is 20.1. The van der Waals surface area contributed by atoms with E-state index < -0.39 is 16.8 Å². The molecule has 0 amide bonds. The molecule has 0 bridgehead atoms. The Balaban J connectivity index is 1.18. The summed E-state index contributed by atoms with van der Waals surface area (Å²) in [5, 5.41) is 10.9. The topological polar surface area (TPSA) is 100 Å². The Hall–Kier alpha value is -3.77. The number of fused-ring (bicyclic) bond motifs is 2. The third-order valence-electron chi connectivity index (χ3n) is 5.67. The Labute approximate surface area is 185 Å². The number of hydrogen-bond donors (Lipinski definition) is 0. The maximum atomic E-state index is 13.1. The first-order valence-electron chi connectivity index (χ1n) is 10.3. The summed E-state index contributed by atoms with van der Waals surface area (Å²) in [6.07, 6.45) is -1.85. The molecular weight excluding hydrogens is 445 g/mol. The second-order valence-corrected chi connectivity index (χ2v) is 7.80. The molecule has 2 aromatic heterocycles. The molecule has 0 N–H and O–H groups in total. The average molecular weight is 464 g/mol. The molecule has 10 nitrogen and oxygen atoms in total. The van der Waals surface area contributed by atoms with Crippen molar-refractivity contribution in [1.82, 2.24) is 19.1 Å². The number of ether oxygens (including phenoxy) is 2. The highest BCUT2D eigenvalue weighted by atomic mass is 19.4. The molecule has 0 aliphatic carbocycles. The highest BCUT2D eigenvalue weighted by Gasteiger charge is 2.37. The van der Waals surface area contributed by atoms with E-state index in [0.29, 0.717) is 31.1 Å². The average Bonchev–Trinajstić information content (AvgIpc) is 3.41. The van der Waals surface area contributed by atoms with E-state index in [4.69, 9.17) is 9.47 Å². The van der Waals surface area contributed by atoms with Gasteiger partial charge in [0.2, 0.25) is 0 Å². The van der Waals surface area contributed by atoms with Crippen LogP contribution in [0.25, 0.3) is 0 Å². The largest absolute Gasteiger partial charge is 0.490 e. The molecule has 0 radical (unpaired) electrons. The van der Waals surface area contributed by atoms with Crippen LogP contribution in [0.4, 0.5) is 24.7 Å². The van der Waals surface area contributed by atoms with Gasteiger partial charge < -0.3 is 29.1 Å². The van der Waals surface area contributed by atoms with Gasteiger partial charge in [-0.3, -0.25) is 4.57 Å². The van der Waals surface area contributed by atoms with Gasteiger partial charge in [-0.15, -0.1) is 0 Å². The number of halogens is 3. The molecule has 33 heavy (non-hydrogen) atoms. The number of rotatable bonds is 5. The molecule has 4 heterocycles. The maximum Gasteiger partial charge on any atom is 0.433 e. The smallest absolute Gasteiger partial charge is 0.433 e. The number of benzene rings is 1. The second-order valence-electron chi connectivity index (χ2n) is 7.80. The Morgan fingerprint density at radius 1 is 1.21 bits per heavy atom. The van der Waals surface area contributed by atoms with Crippen LogP contribution in [-0.2, 0) is 25.8 Å². The molecule has 1 aromatic carbocycles. The predicted molar refractivity (Wildman–Crippen MR) is 108 cm³/mol. The van der Waals surface area contributed by atoms with Crippen LogP contribution < -0.4 is 14.4 Å². The van der Waals surface area contributed by atoms with Crippen molar-refractivity contribution >= 4 is 11.5 Å². The normalized spacial score (nSPS) is 17.8. The van der Waals surface area contributed by atoms with Gasteiger partial charge in [-0.05, 0) is 29.2 Å². The quantitative estimate of drug-likeness (QED) is 0.422. The van der Waals surface area contributed by atoms with Crippen molar-refractivity contribution in [2.75, 3.05) is 18.1 Å². The Bertz CT molecular complexity index is 1170. The summed E-state index contributed by atoms with van der Waals surface area (Å²) < 4.78 is 53.5. The number of hydrogen-bond acceptors (Lipinski definition) is 7. The standard InChI is InChI=1S/C20H19F3N6O4/c21-20(22,23)16-9-24-17-10-26(7-8-28(16)17)13-1-3-14(4-2-13)32-12-15-5-6-27-11-18(29(30)31)25-19(27)33-15/h1-4,9,11,15H,5-8,10,12H2. The van der Waals surface area contributed by atoms with Crippen molar-refractivity contribution in [3.05, 3.63) is 58.3 Å². The van der Waals surface area contributed by atoms with Crippen LogP contribution in [0.15, 0.2) is 36.7 Å². The molecule has 0 saturated carbocycles. The second kappa shape index (κ2) is 7.98. The minimum absolute atomic E-state index is 0.203. The van der Waals surface area contributed by atoms with Crippen LogP contribution in [0.2, 0.25) is 0 Å². The van der Waals surface area contributed by atoms with Crippen molar-refractivity contribution in [1.29, 1.82) is 0 Å². The summed E-state index contributed by atoms with van der Waals surface area (Å²) in [5.41, 5.74) is 0.135. The summed E-state index contributed by atoms with van der Waals surface area (Å²) >= 11 is 0. The highest BCUT2D eigenvalue weighted by Crippen LogP contribution is 2.32. The lowest BCUT2D eigenvalue weighted by Gasteiger charge is -2.30. The first-order valence-corrected chi connectivity index (χ1v) is 10.3. The van der Waals surface area contributed by atoms with E-state index in [1.165, 1.54) is 10.8 Å². The maximum absolute atomic E-state index is 13.1. The van der Waals surface area contributed by atoms with Crippen LogP contribution in [-0.4, -0.2) is 43.3 Å². The lowest BCUT2D eigenvalue weighted by molar-refractivity contribution is -0.389. The zero-order valence-electron chi connectivity index (χ0n) is 17.2. The Kier molecular flexibility index (Phi) is 5.10. The molecule has 1 unspecified atom stereocenters. The van der Waals surface area contributed by atoms with Gasteiger partial charge in [-0.2, -0.15) is 13.2 Å². The van der Waals surface area contributed by atoms with E-state index in [1.807, 2.05) is 17.0 Å². The van der Waals surface area contributed by atoms with Gasteiger partial charge in [-0.25, -0.2) is 4.98 Å². The van der Waals surface area contributed by atoms with Gasteiger partial charge >= 0.3 is 18.0 Å². The molecule has 0 fully saturated rings. The molecule has 5 rings (SSSR count). The van der Waals surface area contributed by atoms with Crippen molar-refractivity contribution in [3.63, 3.8) is 0 Å². The van der Waals surface area contributed by atoms with Gasteiger partial charge in [0.05, 0.1) is 12.7 Å². The lowest BCUT2D eigenvalue weighted by atomic mass is 10.2. The van der Waals surface area contributed by atoms with Crippen LogP contribution in [0, 0.1) is 10.1 Å². The molecule has 0 spiro atoms. The number of nitro groups is 1. The van der Waals surface area contributed by atoms with E-state index in [-0.39, 0.29) is 37.6 Å². The molecule has 13 heteroatoms. The highest BCUT2D eigenvalue weighted by molar-refractivity contribution is 5.49. The molecule has 2 aliphatic heterocycles. The molecule has 174 valence electrons. The minimum atomic E-state index is -4.41. The van der Waals surface area contributed by atoms with Crippen LogP contribution >= 0.6 is 0 Å². The molecule has 2 aliphatic rings. The third kappa shape index (κ3) is 4.17. The first kappa shape index (κ1) is 21.1. The first-order chi connectivity index (χ1) is 15.8. The minimum Gasteiger partial charge on any atom is -0.490 e. The van der Waals surface area contributed by atoms with Crippen molar-refractivity contribution in [2.24, 2.45) is 0 Å². The zero-order valence-corrected chi connectivity index (χ0v) is 17.2. The van der Waals surface area contributed by atoms with Gasteiger partial charge in [0, 0.05) is 36.7 Å². The number of anilines is 1. The number of aromatic nitrogens is 4. The summed E-state index contributed by atoms with van der Waals surface area (Å²) in [6, 6.07) is 7.46. The van der Waals surface area contributed by atoms with Crippen LogP contribution in [0.1, 0.15) is 17.9 Å². The predicted octanol–water partition coefficient (Wildman–Crippen LogP) is 3.26. The van der Waals surface area contributed by atoms with E-state index in [0.717, 1.165) is 11.9 Å². The number of nitrogens with zero attached hydrogens (tertiary/aromatic N) is 6. The summed E-state index contributed by atoms with van der Waals surface area (Å²) in [5.74, 6) is 0.735. The van der Waals surface area contributed by atoms with Crippen LogP contribution in [0.3, 0.4) is 0 Å². The van der Waals surface area contributed by atoms with Crippen LogP contribution in [0.5, 0.6) is 11.8 Å². The monoisotopic (exact) mass is 464 g/mol. The van der Waals surface area contributed by atoms with Crippen molar-refractivity contribution in [2.45, 2.75) is 38.3 Å².